The zero-order valence-corrected chi connectivity index (χ0v) is 16.4. The zero-order chi connectivity index (χ0) is 18.5. The van der Waals surface area contributed by atoms with E-state index in [1.54, 1.807) is 0 Å². The number of carbonyl (C=O) groups is 2. The van der Waals surface area contributed by atoms with Crippen LogP contribution in [0.5, 0.6) is 0 Å². The molecule has 1 aliphatic heterocycles. The van der Waals surface area contributed by atoms with Crippen LogP contribution in [0.2, 0.25) is 0 Å². The molecule has 2 rings (SSSR count). The maximum absolute atomic E-state index is 12.2. The third-order valence-electron chi connectivity index (χ3n) is 5.70. The number of likely N-dealkylation sites (tertiary alicyclic amines) is 1. The van der Waals surface area contributed by atoms with Crippen molar-refractivity contribution in [2.75, 3.05) is 19.7 Å². The van der Waals surface area contributed by atoms with Crippen LogP contribution in [0.3, 0.4) is 0 Å². The smallest absolute Gasteiger partial charge is 0.410 e. The van der Waals surface area contributed by atoms with Gasteiger partial charge in [-0.2, -0.15) is 0 Å². The number of hydrogen-bond donors (Lipinski definition) is 0. The molecule has 5 nitrogen and oxygen atoms in total. The van der Waals surface area contributed by atoms with Gasteiger partial charge < -0.3 is 14.4 Å². The van der Waals surface area contributed by atoms with Crippen LogP contribution in [0, 0.1) is 11.3 Å². The van der Waals surface area contributed by atoms with Crippen molar-refractivity contribution in [2.24, 2.45) is 11.3 Å². The summed E-state index contributed by atoms with van der Waals surface area (Å²) < 4.78 is 10.5. The maximum atomic E-state index is 12.2. The Labute approximate surface area is 152 Å². The van der Waals surface area contributed by atoms with Crippen molar-refractivity contribution in [1.82, 2.24) is 4.90 Å². The highest BCUT2D eigenvalue weighted by Gasteiger charge is 2.39. The van der Waals surface area contributed by atoms with Crippen LogP contribution in [0.1, 0.15) is 79.1 Å². The van der Waals surface area contributed by atoms with Crippen molar-refractivity contribution in [3.8, 4) is 0 Å². The van der Waals surface area contributed by atoms with Gasteiger partial charge in [0.25, 0.3) is 0 Å². The third-order valence-corrected chi connectivity index (χ3v) is 5.70. The highest BCUT2D eigenvalue weighted by atomic mass is 16.6. The number of amides is 1. The standard InChI is InChI=1S/C20H35NO4/c1-5-24-17(22)7-6-16-8-10-20(11-9-16)12-14-21(15-13-20)18(23)25-19(2,3)4/h16H,5-15H2,1-4H3. The predicted octanol–water partition coefficient (Wildman–Crippen LogP) is 4.54. The fourth-order valence-electron chi connectivity index (χ4n) is 4.12. The molecule has 1 amide bonds. The first kappa shape index (κ1) is 20.1. The van der Waals surface area contributed by atoms with Gasteiger partial charge in [0.1, 0.15) is 5.60 Å². The van der Waals surface area contributed by atoms with E-state index in [0.717, 1.165) is 32.4 Å². The summed E-state index contributed by atoms with van der Waals surface area (Å²) in [5, 5.41) is 0. The molecule has 144 valence electrons. The molecule has 0 radical (unpaired) electrons. The molecule has 0 aromatic heterocycles. The molecule has 1 saturated heterocycles. The Morgan fingerprint density at radius 2 is 1.68 bits per heavy atom. The Morgan fingerprint density at radius 3 is 2.20 bits per heavy atom. The first-order valence-corrected chi connectivity index (χ1v) is 9.86. The normalized spacial score (nSPS) is 21.2. The quantitative estimate of drug-likeness (QED) is 0.696. The van der Waals surface area contributed by atoms with E-state index in [0.29, 0.717) is 24.4 Å². The number of piperidine rings is 1. The average molecular weight is 354 g/mol. The molecule has 0 bridgehead atoms. The third kappa shape index (κ3) is 6.19. The highest BCUT2D eigenvalue weighted by Crippen LogP contribution is 2.47. The van der Waals surface area contributed by atoms with Gasteiger partial charge in [-0.1, -0.05) is 0 Å². The van der Waals surface area contributed by atoms with Gasteiger partial charge in [0, 0.05) is 19.5 Å². The molecule has 1 spiro atoms. The first-order chi connectivity index (χ1) is 11.7. The number of esters is 1. The summed E-state index contributed by atoms with van der Waals surface area (Å²) in [5.41, 5.74) is -0.0257. The van der Waals surface area contributed by atoms with E-state index in [2.05, 4.69) is 0 Å². The molecule has 5 heteroatoms. The average Bonchev–Trinajstić information content (AvgIpc) is 2.54. The second kappa shape index (κ2) is 8.41. The Hall–Kier alpha value is -1.26. The largest absolute Gasteiger partial charge is 0.466 e. The lowest BCUT2D eigenvalue weighted by atomic mass is 9.65. The molecular weight excluding hydrogens is 318 g/mol. The van der Waals surface area contributed by atoms with E-state index in [1.165, 1.54) is 25.7 Å². The second-order valence-electron chi connectivity index (χ2n) is 8.75. The Bertz CT molecular complexity index is 451. The minimum Gasteiger partial charge on any atom is -0.466 e. The summed E-state index contributed by atoms with van der Waals surface area (Å²) in [4.78, 5) is 25.6. The van der Waals surface area contributed by atoms with Crippen molar-refractivity contribution < 1.29 is 19.1 Å². The molecule has 2 fully saturated rings. The molecule has 0 atom stereocenters. The summed E-state index contributed by atoms with van der Waals surface area (Å²) >= 11 is 0. The molecule has 1 saturated carbocycles. The van der Waals surface area contributed by atoms with E-state index >= 15 is 0 Å². The lowest BCUT2D eigenvalue weighted by Gasteiger charge is -2.46. The van der Waals surface area contributed by atoms with Crippen molar-refractivity contribution in [3.05, 3.63) is 0 Å². The molecule has 0 aromatic rings. The lowest BCUT2D eigenvalue weighted by molar-refractivity contribution is -0.143. The van der Waals surface area contributed by atoms with Gasteiger partial charge in [-0.15, -0.1) is 0 Å². The lowest BCUT2D eigenvalue weighted by Crippen LogP contribution is -2.46. The molecule has 0 unspecified atom stereocenters. The monoisotopic (exact) mass is 353 g/mol. The van der Waals surface area contributed by atoms with Gasteiger partial charge >= 0.3 is 12.1 Å². The van der Waals surface area contributed by atoms with E-state index < -0.39 is 5.60 Å². The summed E-state index contributed by atoms with van der Waals surface area (Å²) in [6, 6.07) is 0. The molecule has 2 aliphatic rings. The number of rotatable bonds is 4. The van der Waals surface area contributed by atoms with Gasteiger partial charge in [0.2, 0.25) is 0 Å². The van der Waals surface area contributed by atoms with Gasteiger partial charge in [0.05, 0.1) is 6.61 Å². The molecule has 25 heavy (non-hydrogen) atoms. The van der Waals surface area contributed by atoms with Crippen LogP contribution in [-0.2, 0) is 14.3 Å². The predicted molar refractivity (Wildman–Crippen MR) is 97.3 cm³/mol. The van der Waals surface area contributed by atoms with Gasteiger partial charge in [-0.05, 0) is 84.0 Å². The van der Waals surface area contributed by atoms with Crippen LogP contribution < -0.4 is 0 Å². The number of ether oxygens (including phenoxy) is 2. The molecular formula is C20H35NO4. The van der Waals surface area contributed by atoms with E-state index in [1.807, 2.05) is 32.6 Å². The fraction of sp³-hybridized carbons (Fsp3) is 0.900. The molecule has 0 N–H and O–H groups in total. The van der Waals surface area contributed by atoms with Gasteiger partial charge in [-0.3, -0.25) is 4.79 Å². The first-order valence-electron chi connectivity index (χ1n) is 9.86. The van der Waals surface area contributed by atoms with Crippen LogP contribution in [0.15, 0.2) is 0 Å². The van der Waals surface area contributed by atoms with Crippen LogP contribution >= 0.6 is 0 Å². The molecule has 1 heterocycles. The van der Waals surface area contributed by atoms with E-state index in [4.69, 9.17) is 9.47 Å². The highest BCUT2D eigenvalue weighted by molar-refractivity contribution is 5.69. The summed E-state index contributed by atoms with van der Waals surface area (Å²) in [5.74, 6) is 0.590. The topological polar surface area (TPSA) is 55.8 Å². The number of carbonyl (C=O) groups excluding carboxylic acids is 2. The number of nitrogens with zero attached hydrogens (tertiary/aromatic N) is 1. The Kier molecular flexibility index (Phi) is 6.75. The minimum absolute atomic E-state index is 0.0616. The SMILES string of the molecule is CCOC(=O)CCC1CCC2(CC1)CCN(C(=O)OC(C)(C)C)CC2. The van der Waals surface area contributed by atoms with E-state index in [-0.39, 0.29) is 12.1 Å². The Morgan fingerprint density at radius 1 is 1.08 bits per heavy atom. The van der Waals surface area contributed by atoms with Crippen molar-refractivity contribution in [3.63, 3.8) is 0 Å². The van der Waals surface area contributed by atoms with Gasteiger partial charge in [-0.25, -0.2) is 4.79 Å². The summed E-state index contributed by atoms with van der Waals surface area (Å²) in [6.07, 6.45) is 8.35. The zero-order valence-electron chi connectivity index (χ0n) is 16.4. The fourth-order valence-corrected chi connectivity index (χ4v) is 4.12. The minimum atomic E-state index is -0.427. The van der Waals surface area contributed by atoms with Crippen molar-refractivity contribution >= 4 is 12.1 Å². The molecule has 1 aliphatic carbocycles. The molecule has 0 aromatic carbocycles. The second-order valence-corrected chi connectivity index (χ2v) is 8.75. The van der Waals surface area contributed by atoms with E-state index in [9.17, 15) is 9.59 Å². The van der Waals surface area contributed by atoms with Crippen molar-refractivity contribution in [2.45, 2.75) is 84.7 Å². The van der Waals surface area contributed by atoms with Crippen LogP contribution in [-0.4, -0.2) is 42.3 Å². The summed E-state index contributed by atoms with van der Waals surface area (Å²) in [7, 11) is 0. The maximum Gasteiger partial charge on any atom is 0.410 e. The van der Waals surface area contributed by atoms with Crippen LogP contribution in [0.4, 0.5) is 4.79 Å². The number of hydrogen-bond acceptors (Lipinski definition) is 4. The van der Waals surface area contributed by atoms with Crippen molar-refractivity contribution in [1.29, 1.82) is 0 Å². The van der Waals surface area contributed by atoms with Crippen LogP contribution in [0.25, 0.3) is 0 Å². The van der Waals surface area contributed by atoms with Gasteiger partial charge in [0.15, 0.2) is 0 Å². The Balaban J connectivity index is 1.72. The summed E-state index contributed by atoms with van der Waals surface area (Å²) in [6.45, 7) is 9.67.